The van der Waals surface area contributed by atoms with Gasteiger partial charge in [-0.1, -0.05) is 55.1 Å². The SMILES string of the molecule is C=C/C=C(\C=C/C)[C@H]1c2ccccc2CCN1CO. The van der Waals surface area contributed by atoms with Crippen molar-refractivity contribution in [3.05, 3.63) is 71.8 Å². The summed E-state index contributed by atoms with van der Waals surface area (Å²) in [6.45, 7) is 6.76. The van der Waals surface area contributed by atoms with Gasteiger partial charge in [0.05, 0.1) is 12.8 Å². The van der Waals surface area contributed by atoms with E-state index >= 15 is 0 Å². The lowest BCUT2D eigenvalue weighted by atomic mass is 9.88. The van der Waals surface area contributed by atoms with Gasteiger partial charge in [-0.05, 0) is 30.0 Å². The van der Waals surface area contributed by atoms with Crippen LogP contribution in [0.1, 0.15) is 24.1 Å². The van der Waals surface area contributed by atoms with Crippen LogP contribution in [0.5, 0.6) is 0 Å². The Kier molecular flexibility index (Phi) is 4.72. The Morgan fingerprint density at radius 1 is 1.47 bits per heavy atom. The number of aliphatic hydroxyl groups is 1. The Hall–Kier alpha value is -1.64. The molecule has 0 saturated heterocycles. The van der Waals surface area contributed by atoms with Crippen LogP contribution >= 0.6 is 0 Å². The zero-order valence-electron chi connectivity index (χ0n) is 11.4. The summed E-state index contributed by atoms with van der Waals surface area (Å²) in [6.07, 6.45) is 8.95. The van der Waals surface area contributed by atoms with E-state index in [9.17, 15) is 5.11 Å². The fraction of sp³-hybridized carbons (Fsp3) is 0.294. The Morgan fingerprint density at radius 2 is 2.26 bits per heavy atom. The van der Waals surface area contributed by atoms with Crippen LogP contribution in [0.3, 0.4) is 0 Å². The molecule has 1 aliphatic rings. The summed E-state index contributed by atoms with van der Waals surface area (Å²) in [6, 6.07) is 8.59. The van der Waals surface area contributed by atoms with Crippen LogP contribution < -0.4 is 0 Å². The highest BCUT2D eigenvalue weighted by Gasteiger charge is 2.28. The Bertz CT molecular complexity index is 502. The zero-order chi connectivity index (χ0) is 13.7. The fourth-order valence-corrected chi connectivity index (χ4v) is 2.73. The molecular formula is C17H21NO. The van der Waals surface area contributed by atoms with Gasteiger partial charge in [0.2, 0.25) is 0 Å². The Labute approximate surface area is 115 Å². The zero-order valence-corrected chi connectivity index (χ0v) is 11.4. The molecule has 0 aliphatic carbocycles. The number of nitrogens with zero attached hydrogens (tertiary/aromatic N) is 1. The van der Waals surface area contributed by atoms with E-state index in [-0.39, 0.29) is 12.8 Å². The first-order valence-corrected chi connectivity index (χ1v) is 6.69. The highest BCUT2D eigenvalue weighted by atomic mass is 16.3. The number of hydrogen-bond donors (Lipinski definition) is 1. The average molecular weight is 255 g/mol. The van der Waals surface area contributed by atoms with Gasteiger partial charge < -0.3 is 5.11 Å². The van der Waals surface area contributed by atoms with Crippen LogP contribution in [0.2, 0.25) is 0 Å². The smallest absolute Gasteiger partial charge is 0.0964 e. The number of fused-ring (bicyclic) bond motifs is 1. The van der Waals surface area contributed by atoms with E-state index in [0.717, 1.165) is 13.0 Å². The molecule has 0 fully saturated rings. The second kappa shape index (κ2) is 6.50. The molecule has 0 amide bonds. The van der Waals surface area contributed by atoms with Gasteiger partial charge in [0.25, 0.3) is 0 Å². The Balaban J connectivity index is 2.49. The molecule has 1 aliphatic heterocycles. The summed E-state index contributed by atoms with van der Waals surface area (Å²) in [5.41, 5.74) is 3.82. The first-order valence-electron chi connectivity index (χ1n) is 6.69. The van der Waals surface area contributed by atoms with Crippen LogP contribution in [-0.4, -0.2) is 23.3 Å². The van der Waals surface area contributed by atoms with E-state index in [1.807, 2.05) is 25.2 Å². The van der Waals surface area contributed by atoms with Crippen molar-refractivity contribution < 1.29 is 5.11 Å². The molecule has 2 rings (SSSR count). The molecule has 0 aromatic heterocycles. The van der Waals surface area contributed by atoms with Crippen molar-refractivity contribution in [3.8, 4) is 0 Å². The fourth-order valence-electron chi connectivity index (χ4n) is 2.73. The first-order chi connectivity index (χ1) is 9.31. The predicted molar refractivity (Wildman–Crippen MR) is 79.8 cm³/mol. The molecule has 1 N–H and O–H groups in total. The van der Waals surface area contributed by atoms with Crippen LogP contribution in [0.4, 0.5) is 0 Å². The van der Waals surface area contributed by atoms with E-state index in [1.54, 1.807) is 0 Å². The van der Waals surface area contributed by atoms with Gasteiger partial charge >= 0.3 is 0 Å². The molecule has 0 bridgehead atoms. The van der Waals surface area contributed by atoms with Crippen molar-refractivity contribution in [2.45, 2.75) is 19.4 Å². The van der Waals surface area contributed by atoms with Crippen LogP contribution in [-0.2, 0) is 6.42 Å². The summed E-state index contributed by atoms with van der Waals surface area (Å²) >= 11 is 0. The molecule has 0 radical (unpaired) electrons. The van der Waals surface area contributed by atoms with Crippen molar-refractivity contribution in [2.24, 2.45) is 0 Å². The van der Waals surface area contributed by atoms with E-state index in [2.05, 4.69) is 41.8 Å². The van der Waals surface area contributed by atoms with E-state index in [0.29, 0.717) is 0 Å². The standard InChI is InChI=1S/C17H21NO/c1-3-7-15(8-4-2)17-16-10-6-5-9-14(16)11-12-18(17)13-19/h3-10,17,19H,1,11-13H2,2H3/b8-4-,15-7+/t17-/m0/s1. The quantitative estimate of drug-likeness (QED) is 0.835. The molecule has 1 atom stereocenters. The van der Waals surface area contributed by atoms with Crippen molar-refractivity contribution in [1.82, 2.24) is 4.90 Å². The maximum absolute atomic E-state index is 9.62. The van der Waals surface area contributed by atoms with Crippen LogP contribution in [0, 0.1) is 0 Å². The second-order valence-corrected chi connectivity index (χ2v) is 4.71. The third kappa shape index (κ3) is 2.86. The number of hydrogen-bond acceptors (Lipinski definition) is 2. The summed E-state index contributed by atoms with van der Waals surface area (Å²) in [7, 11) is 0. The number of allylic oxidation sites excluding steroid dienone is 3. The van der Waals surface area contributed by atoms with Crippen LogP contribution in [0.15, 0.2) is 60.7 Å². The molecule has 0 unspecified atom stereocenters. The molecule has 0 spiro atoms. The summed E-state index contributed by atoms with van der Waals surface area (Å²) < 4.78 is 0. The second-order valence-electron chi connectivity index (χ2n) is 4.71. The molecule has 19 heavy (non-hydrogen) atoms. The van der Waals surface area contributed by atoms with Gasteiger partial charge in [0.1, 0.15) is 0 Å². The third-order valence-corrected chi connectivity index (χ3v) is 3.55. The highest BCUT2D eigenvalue weighted by molar-refractivity contribution is 5.42. The van der Waals surface area contributed by atoms with Crippen molar-refractivity contribution in [3.63, 3.8) is 0 Å². The number of rotatable bonds is 4. The molecule has 0 saturated carbocycles. The van der Waals surface area contributed by atoms with E-state index < -0.39 is 0 Å². The number of aliphatic hydroxyl groups excluding tert-OH is 1. The summed E-state index contributed by atoms with van der Waals surface area (Å²) in [5, 5.41) is 9.62. The minimum Gasteiger partial charge on any atom is -0.381 e. The minimum absolute atomic E-state index is 0.0744. The summed E-state index contributed by atoms with van der Waals surface area (Å²) in [5.74, 6) is 0. The van der Waals surface area contributed by atoms with Gasteiger partial charge in [0, 0.05) is 6.54 Å². The lowest BCUT2D eigenvalue weighted by Crippen LogP contribution is -2.36. The van der Waals surface area contributed by atoms with Gasteiger partial charge in [-0.3, -0.25) is 4.90 Å². The van der Waals surface area contributed by atoms with E-state index in [4.69, 9.17) is 0 Å². The van der Waals surface area contributed by atoms with E-state index in [1.165, 1.54) is 16.7 Å². The first kappa shape index (κ1) is 13.8. The maximum atomic E-state index is 9.62. The lowest BCUT2D eigenvalue weighted by molar-refractivity contribution is 0.0754. The van der Waals surface area contributed by atoms with Crippen LogP contribution in [0.25, 0.3) is 0 Å². The Morgan fingerprint density at radius 3 is 2.95 bits per heavy atom. The third-order valence-electron chi connectivity index (χ3n) is 3.55. The van der Waals surface area contributed by atoms with Gasteiger partial charge in [-0.25, -0.2) is 0 Å². The largest absolute Gasteiger partial charge is 0.381 e. The van der Waals surface area contributed by atoms with Gasteiger partial charge in [-0.15, -0.1) is 0 Å². The predicted octanol–water partition coefficient (Wildman–Crippen LogP) is 3.22. The molecule has 1 aromatic rings. The van der Waals surface area contributed by atoms with Gasteiger partial charge in [0.15, 0.2) is 0 Å². The average Bonchev–Trinajstić information content (AvgIpc) is 2.46. The van der Waals surface area contributed by atoms with Crippen molar-refractivity contribution in [1.29, 1.82) is 0 Å². The molecular weight excluding hydrogens is 234 g/mol. The van der Waals surface area contributed by atoms with Crippen molar-refractivity contribution in [2.75, 3.05) is 13.3 Å². The normalized spacial score (nSPS) is 20.5. The molecule has 100 valence electrons. The molecule has 1 aromatic carbocycles. The number of benzene rings is 1. The molecule has 1 heterocycles. The van der Waals surface area contributed by atoms with Gasteiger partial charge in [-0.2, -0.15) is 0 Å². The summed E-state index contributed by atoms with van der Waals surface area (Å²) in [4.78, 5) is 2.09. The topological polar surface area (TPSA) is 23.5 Å². The monoisotopic (exact) mass is 255 g/mol. The maximum Gasteiger partial charge on any atom is 0.0964 e. The highest BCUT2D eigenvalue weighted by Crippen LogP contribution is 2.35. The minimum atomic E-state index is 0.0744. The molecule has 2 heteroatoms. The van der Waals surface area contributed by atoms with Crippen molar-refractivity contribution >= 4 is 0 Å². The molecule has 2 nitrogen and oxygen atoms in total. The lowest BCUT2D eigenvalue weighted by Gasteiger charge is -2.36.